The Kier molecular flexibility index (Phi) is 3.54. The lowest BCUT2D eigenvalue weighted by molar-refractivity contribution is 0.207. The highest BCUT2D eigenvalue weighted by atomic mass is 15.3. The summed E-state index contributed by atoms with van der Waals surface area (Å²) in [4.78, 5) is 2.53. The summed E-state index contributed by atoms with van der Waals surface area (Å²) < 4.78 is 1.74. The van der Waals surface area contributed by atoms with Gasteiger partial charge >= 0.3 is 0 Å². The fourth-order valence-corrected chi connectivity index (χ4v) is 3.23. The zero-order valence-corrected chi connectivity index (χ0v) is 13.3. The monoisotopic (exact) mass is 283 g/mol. The number of nitrogens with two attached hydrogens (primary N) is 1. The molecule has 0 aliphatic carbocycles. The van der Waals surface area contributed by atoms with Crippen LogP contribution in [0, 0.1) is 5.41 Å². The van der Waals surface area contributed by atoms with Crippen molar-refractivity contribution in [2.75, 3.05) is 25.5 Å². The van der Waals surface area contributed by atoms with E-state index in [-0.39, 0.29) is 0 Å². The van der Waals surface area contributed by atoms with Gasteiger partial charge in [0.1, 0.15) is 0 Å². The Hall–Kier alpha value is -1.74. The molecule has 0 amide bonds. The van der Waals surface area contributed by atoms with E-state index >= 15 is 0 Å². The molecule has 3 nitrogen and oxygen atoms in total. The number of hydrogen-bond acceptors (Lipinski definition) is 2. The predicted molar refractivity (Wildman–Crippen MR) is 90.6 cm³/mol. The van der Waals surface area contributed by atoms with Crippen LogP contribution in [-0.2, 0) is 0 Å². The number of fused-ring (bicyclic) bond motifs is 1. The molecule has 112 valence electrons. The van der Waals surface area contributed by atoms with E-state index in [9.17, 15) is 0 Å². The normalized spacial score (nSPS) is 17.2. The fourth-order valence-electron chi connectivity index (χ4n) is 3.23. The van der Waals surface area contributed by atoms with E-state index in [1.54, 1.807) is 4.68 Å². The van der Waals surface area contributed by atoms with Crippen LogP contribution in [0.5, 0.6) is 0 Å². The van der Waals surface area contributed by atoms with Gasteiger partial charge < -0.3 is 5.84 Å². The van der Waals surface area contributed by atoms with Crippen molar-refractivity contribution in [3.05, 3.63) is 42.1 Å². The second kappa shape index (κ2) is 5.23. The maximum absolute atomic E-state index is 6.07. The zero-order valence-electron chi connectivity index (χ0n) is 13.3. The van der Waals surface area contributed by atoms with Crippen molar-refractivity contribution in [1.82, 2.24) is 9.58 Å². The van der Waals surface area contributed by atoms with Crippen LogP contribution in [0.4, 0.5) is 0 Å². The van der Waals surface area contributed by atoms with Crippen LogP contribution in [0.3, 0.4) is 0 Å². The smallest absolute Gasteiger partial charge is 0.0696 e. The first-order chi connectivity index (χ1) is 9.94. The number of aromatic nitrogens is 1. The van der Waals surface area contributed by atoms with E-state index in [2.05, 4.69) is 56.1 Å². The number of nitrogen functional groups attached to an aromatic ring is 1. The Morgan fingerprint density at radius 2 is 1.95 bits per heavy atom. The Morgan fingerprint density at radius 3 is 2.62 bits per heavy atom. The molecule has 0 unspecified atom stereocenters. The third-order valence-corrected chi connectivity index (χ3v) is 4.08. The van der Waals surface area contributed by atoms with Crippen LogP contribution in [0.15, 0.2) is 36.5 Å². The molecule has 0 atom stereocenters. The first-order valence-corrected chi connectivity index (χ1v) is 7.71. The largest absolute Gasteiger partial charge is 0.339 e. The van der Waals surface area contributed by atoms with Crippen molar-refractivity contribution in [1.29, 1.82) is 0 Å². The molecule has 0 fully saturated rings. The summed E-state index contributed by atoms with van der Waals surface area (Å²) in [6.45, 7) is 10.2. The number of nitrogens with zero attached hydrogens (tertiary/aromatic N) is 2. The SMILES string of the molecule is CC(C)(C)CN1CC=C(c2cn(N)c3ccccc23)CC1. The lowest BCUT2D eigenvalue weighted by Crippen LogP contribution is -2.35. The summed E-state index contributed by atoms with van der Waals surface area (Å²) in [5, 5.41) is 1.26. The van der Waals surface area contributed by atoms with Crippen molar-refractivity contribution < 1.29 is 0 Å². The standard InChI is InChI=1S/C18H25N3/c1-18(2,3)13-20-10-8-14(9-11-20)16-12-21(19)17-7-5-4-6-15(16)17/h4-8,12H,9-11,13,19H2,1-3H3. The van der Waals surface area contributed by atoms with Crippen molar-refractivity contribution in [2.24, 2.45) is 5.41 Å². The van der Waals surface area contributed by atoms with Crippen LogP contribution < -0.4 is 5.84 Å². The molecule has 3 rings (SSSR count). The molecule has 0 saturated heterocycles. The highest BCUT2D eigenvalue weighted by molar-refractivity contribution is 5.93. The maximum Gasteiger partial charge on any atom is 0.0696 e. The molecule has 0 saturated carbocycles. The molecular weight excluding hydrogens is 258 g/mol. The molecule has 0 radical (unpaired) electrons. The quantitative estimate of drug-likeness (QED) is 0.856. The Morgan fingerprint density at radius 1 is 1.19 bits per heavy atom. The second-order valence-corrected chi connectivity index (χ2v) is 7.24. The van der Waals surface area contributed by atoms with E-state index in [1.165, 1.54) is 16.5 Å². The van der Waals surface area contributed by atoms with Gasteiger partial charge in [-0.3, -0.25) is 9.58 Å². The summed E-state index contributed by atoms with van der Waals surface area (Å²) in [5.41, 5.74) is 4.19. The van der Waals surface area contributed by atoms with Gasteiger partial charge in [0, 0.05) is 36.8 Å². The number of hydrogen-bond donors (Lipinski definition) is 1. The topological polar surface area (TPSA) is 34.2 Å². The van der Waals surface area contributed by atoms with Crippen molar-refractivity contribution in [3.63, 3.8) is 0 Å². The van der Waals surface area contributed by atoms with Crippen molar-refractivity contribution >= 4 is 16.5 Å². The number of para-hydroxylation sites is 1. The number of rotatable bonds is 2. The van der Waals surface area contributed by atoms with Gasteiger partial charge in [-0.2, -0.15) is 0 Å². The minimum atomic E-state index is 0.360. The minimum absolute atomic E-state index is 0.360. The molecule has 21 heavy (non-hydrogen) atoms. The third kappa shape index (κ3) is 2.98. The van der Waals surface area contributed by atoms with E-state index in [1.807, 2.05) is 6.07 Å². The Balaban J connectivity index is 1.85. The summed E-state index contributed by atoms with van der Waals surface area (Å²) in [7, 11) is 0. The van der Waals surface area contributed by atoms with Gasteiger partial charge in [-0.15, -0.1) is 0 Å². The summed E-state index contributed by atoms with van der Waals surface area (Å²) in [5.74, 6) is 6.07. The fraction of sp³-hybridized carbons (Fsp3) is 0.444. The maximum atomic E-state index is 6.07. The minimum Gasteiger partial charge on any atom is -0.339 e. The van der Waals surface area contributed by atoms with E-state index in [4.69, 9.17) is 5.84 Å². The van der Waals surface area contributed by atoms with Gasteiger partial charge in [0.05, 0.1) is 5.52 Å². The van der Waals surface area contributed by atoms with Crippen LogP contribution in [-0.4, -0.2) is 29.2 Å². The molecule has 0 spiro atoms. The van der Waals surface area contributed by atoms with E-state index < -0.39 is 0 Å². The molecule has 2 N–H and O–H groups in total. The van der Waals surface area contributed by atoms with E-state index in [0.29, 0.717) is 5.41 Å². The van der Waals surface area contributed by atoms with Crippen LogP contribution in [0.25, 0.3) is 16.5 Å². The highest BCUT2D eigenvalue weighted by Gasteiger charge is 2.20. The average molecular weight is 283 g/mol. The third-order valence-electron chi connectivity index (χ3n) is 4.08. The van der Waals surface area contributed by atoms with Crippen LogP contribution >= 0.6 is 0 Å². The zero-order chi connectivity index (χ0) is 15.0. The lowest BCUT2D eigenvalue weighted by Gasteiger charge is -2.32. The molecule has 2 heterocycles. The average Bonchev–Trinajstić information content (AvgIpc) is 2.76. The van der Waals surface area contributed by atoms with Gasteiger partial charge in [-0.25, -0.2) is 0 Å². The lowest BCUT2D eigenvalue weighted by atomic mass is 9.93. The van der Waals surface area contributed by atoms with Gasteiger partial charge in [-0.1, -0.05) is 45.0 Å². The Bertz CT molecular complexity index is 673. The molecule has 0 bridgehead atoms. The highest BCUT2D eigenvalue weighted by Crippen LogP contribution is 2.30. The van der Waals surface area contributed by atoms with E-state index in [0.717, 1.165) is 31.6 Å². The second-order valence-electron chi connectivity index (χ2n) is 7.24. The summed E-state index contributed by atoms with van der Waals surface area (Å²) >= 11 is 0. The predicted octanol–water partition coefficient (Wildman–Crippen LogP) is 3.49. The van der Waals surface area contributed by atoms with Crippen LogP contribution in [0.2, 0.25) is 0 Å². The van der Waals surface area contributed by atoms with Gasteiger partial charge in [0.25, 0.3) is 0 Å². The molecule has 1 aromatic carbocycles. The molecule has 1 aromatic heterocycles. The van der Waals surface area contributed by atoms with Gasteiger partial charge in [0.15, 0.2) is 0 Å². The summed E-state index contributed by atoms with van der Waals surface area (Å²) in [6.07, 6.45) is 5.54. The molecule has 3 heteroatoms. The van der Waals surface area contributed by atoms with Gasteiger partial charge in [0.2, 0.25) is 0 Å². The van der Waals surface area contributed by atoms with Crippen molar-refractivity contribution in [2.45, 2.75) is 27.2 Å². The van der Waals surface area contributed by atoms with Gasteiger partial charge in [-0.05, 0) is 23.5 Å². The Labute approximate surface area is 127 Å². The summed E-state index contributed by atoms with van der Waals surface area (Å²) in [6, 6.07) is 8.36. The molecule has 1 aliphatic heterocycles. The first kappa shape index (κ1) is 14.2. The van der Waals surface area contributed by atoms with Crippen molar-refractivity contribution in [3.8, 4) is 0 Å². The molecule has 2 aromatic rings. The molecule has 1 aliphatic rings. The first-order valence-electron chi connectivity index (χ1n) is 7.71. The van der Waals surface area contributed by atoms with Crippen LogP contribution in [0.1, 0.15) is 32.8 Å². The number of benzene rings is 1. The molecular formula is C18H25N3.